The van der Waals surface area contributed by atoms with E-state index >= 15 is 0 Å². The molecule has 0 spiro atoms. The Hall–Kier alpha value is -1.62. The summed E-state index contributed by atoms with van der Waals surface area (Å²) in [7, 11) is 0. The number of hydrogen-bond acceptors (Lipinski definition) is 3. The monoisotopic (exact) mass is 293 g/mol. The van der Waals surface area contributed by atoms with Crippen LogP contribution in [0.5, 0.6) is 0 Å². The highest BCUT2D eigenvalue weighted by Crippen LogP contribution is 2.21. The van der Waals surface area contributed by atoms with Crippen LogP contribution in [0.15, 0.2) is 18.2 Å². The first-order valence-corrected chi connectivity index (χ1v) is 7.39. The number of nitrogens with zero attached hydrogens (tertiary/aromatic N) is 1. The minimum atomic E-state index is -0.551. The number of nitrogens with one attached hydrogen (secondary N) is 1. The van der Waals surface area contributed by atoms with E-state index in [2.05, 4.69) is 31.0 Å². The number of rotatable bonds is 2. The molecular formula is C16H24FN3O. The predicted octanol–water partition coefficient (Wildman–Crippen LogP) is 2.40. The first-order chi connectivity index (χ1) is 9.79. The van der Waals surface area contributed by atoms with Crippen LogP contribution in [0.4, 0.5) is 10.1 Å². The second kappa shape index (κ2) is 6.02. The lowest BCUT2D eigenvalue weighted by molar-refractivity contribution is 0.0813. The molecule has 1 aromatic rings. The third-order valence-electron chi connectivity index (χ3n) is 4.08. The number of likely N-dealkylation sites (tertiary alicyclic amines) is 1. The number of amides is 1. The largest absolute Gasteiger partial charge is 0.396 e. The number of carbonyl (C=O) groups is 1. The summed E-state index contributed by atoms with van der Waals surface area (Å²) < 4.78 is 13.4. The van der Waals surface area contributed by atoms with E-state index in [0.29, 0.717) is 0 Å². The molecule has 1 aromatic carbocycles. The number of para-hydroxylation sites is 1. The Morgan fingerprint density at radius 2 is 1.95 bits per heavy atom. The number of benzene rings is 1. The maximum atomic E-state index is 13.4. The standard InChI is InChI=1S/C16H24FN3O/c1-16(2,3)20-9-7-11(8-10-20)19-15(21)12-5-4-6-13(17)14(12)18/h4-6,11H,7-10,18H2,1-3H3,(H,19,21). The summed E-state index contributed by atoms with van der Waals surface area (Å²) in [6.45, 7) is 8.48. The van der Waals surface area contributed by atoms with Crippen LogP contribution < -0.4 is 11.1 Å². The van der Waals surface area contributed by atoms with E-state index in [-0.39, 0.29) is 28.7 Å². The van der Waals surface area contributed by atoms with Gasteiger partial charge >= 0.3 is 0 Å². The summed E-state index contributed by atoms with van der Waals surface area (Å²) in [5.74, 6) is -0.841. The van der Waals surface area contributed by atoms with E-state index in [9.17, 15) is 9.18 Å². The van der Waals surface area contributed by atoms with E-state index in [1.807, 2.05) is 0 Å². The molecule has 0 saturated carbocycles. The van der Waals surface area contributed by atoms with Gasteiger partial charge in [-0.1, -0.05) is 6.07 Å². The summed E-state index contributed by atoms with van der Waals surface area (Å²) >= 11 is 0. The maximum absolute atomic E-state index is 13.4. The lowest BCUT2D eigenvalue weighted by atomic mass is 9.98. The van der Waals surface area contributed by atoms with E-state index in [1.165, 1.54) is 12.1 Å². The van der Waals surface area contributed by atoms with Gasteiger partial charge in [0.25, 0.3) is 5.91 Å². The predicted molar refractivity (Wildman–Crippen MR) is 82.6 cm³/mol. The fourth-order valence-corrected chi connectivity index (χ4v) is 2.69. The van der Waals surface area contributed by atoms with Gasteiger partial charge in [0.1, 0.15) is 5.82 Å². The number of hydrogen-bond donors (Lipinski definition) is 2. The topological polar surface area (TPSA) is 58.4 Å². The van der Waals surface area contributed by atoms with Crippen LogP contribution in [0.1, 0.15) is 44.0 Å². The molecule has 1 amide bonds. The van der Waals surface area contributed by atoms with Crippen molar-refractivity contribution in [3.8, 4) is 0 Å². The lowest BCUT2D eigenvalue weighted by Gasteiger charge is -2.41. The molecule has 3 N–H and O–H groups in total. The molecule has 116 valence electrons. The van der Waals surface area contributed by atoms with E-state index in [4.69, 9.17) is 5.73 Å². The zero-order valence-corrected chi connectivity index (χ0v) is 12.9. The molecule has 1 heterocycles. The fourth-order valence-electron chi connectivity index (χ4n) is 2.69. The van der Waals surface area contributed by atoms with Gasteiger partial charge in [-0.2, -0.15) is 0 Å². The van der Waals surface area contributed by atoms with Crippen molar-refractivity contribution in [3.05, 3.63) is 29.6 Å². The number of nitrogens with two attached hydrogens (primary N) is 1. The van der Waals surface area contributed by atoms with Crippen LogP contribution in [-0.2, 0) is 0 Å². The molecule has 0 atom stereocenters. The number of nitrogen functional groups attached to an aromatic ring is 1. The highest BCUT2D eigenvalue weighted by Gasteiger charge is 2.28. The van der Waals surface area contributed by atoms with Crippen molar-refractivity contribution < 1.29 is 9.18 Å². The lowest BCUT2D eigenvalue weighted by Crippen LogP contribution is -2.50. The second-order valence-electron chi connectivity index (χ2n) is 6.61. The van der Waals surface area contributed by atoms with Gasteiger partial charge in [-0.25, -0.2) is 4.39 Å². The average molecular weight is 293 g/mol. The first-order valence-electron chi connectivity index (χ1n) is 7.39. The molecule has 0 aliphatic carbocycles. The van der Waals surface area contributed by atoms with Gasteiger partial charge in [-0.05, 0) is 45.7 Å². The molecule has 0 unspecified atom stereocenters. The van der Waals surface area contributed by atoms with Crippen molar-refractivity contribution >= 4 is 11.6 Å². The summed E-state index contributed by atoms with van der Waals surface area (Å²) in [6.07, 6.45) is 1.80. The van der Waals surface area contributed by atoms with Gasteiger partial charge in [-0.3, -0.25) is 9.69 Å². The van der Waals surface area contributed by atoms with Crippen molar-refractivity contribution in [3.63, 3.8) is 0 Å². The summed E-state index contributed by atoms with van der Waals surface area (Å²) in [6, 6.07) is 4.44. The Morgan fingerprint density at radius 1 is 1.33 bits per heavy atom. The maximum Gasteiger partial charge on any atom is 0.253 e. The molecule has 1 saturated heterocycles. The van der Waals surface area contributed by atoms with Crippen molar-refractivity contribution in [2.45, 2.75) is 45.2 Å². The van der Waals surface area contributed by atoms with E-state index < -0.39 is 5.82 Å². The Bertz CT molecular complexity index is 517. The number of carbonyl (C=O) groups excluding carboxylic acids is 1. The highest BCUT2D eigenvalue weighted by atomic mass is 19.1. The van der Waals surface area contributed by atoms with Gasteiger partial charge in [0, 0.05) is 24.7 Å². The van der Waals surface area contributed by atoms with Gasteiger partial charge < -0.3 is 11.1 Å². The minimum Gasteiger partial charge on any atom is -0.396 e. The van der Waals surface area contributed by atoms with E-state index in [0.717, 1.165) is 25.9 Å². The van der Waals surface area contributed by atoms with Crippen LogP contribution in [0.3, 0.4) is 0 Å². The number of anilines is 1. The van der Waals surface area contributed by atoms with Crippen molar-refractivity contribution in [1.82, 2.24) is 10.2 Å². The Kier molecular flexibility index (Phi) is 4.52. The molecule has 2 rings (SSSR count). The van der Waals surface area contributed by atoms with Gasteiger partial charge in [0.15, 0.2) is 0 Å². The number of piperidine rings is 1. The Labute approximate surface area is 125 Å². The molecule has 4 nitrogen and oxygen atoms in total. The second-order valence-corrected chi connectivity index (χ2v) is 6.61. The zero-order valence-electron chi connectivity index (χ0n) is 12.9. The van der Waals surface area contributed by atoms with Gasteiger partial charge in [0.2, 0.25) is 0 Å². The smallest absolute Gasteiger partial charge is 0.253 e. The van der Waals surface area contributed by atoms with Crippen LogP contribution in [0.25, 0.3) is 0 Å². The third-order valence-corrected chi connectivity index (χ3v) is 4.08. The quantitative estimate of drug-likeness (QED) is 0.823. The van der Waals surface area contributed by atoms with Crippen LogP contribution in [0.2, 0.25) is 0 Å². The Balaban J connectivity index is 1.95. The number of halogens is 1. The first kappa shape index (κ1) is 15.8. The molecule has 0 radical (unpaired) electrons. The molecule has 5 heteroatoms. The summed E-state index contributed by atoms with van der Waals surface area (Å²) in [4.78, 5) is 14.6. The molecule has 1 aliphatic rings. The molecular weight excluding hydrogens is 269 g/mol. The normalized spacial score (nSPS) is 17.7. The third kappa shape index (κ3) is 3.73. The van der Waals surface area contributed by atoms with Crippen LogP contribution in [-0.4, -0.2) is 35.5 Å². The van der Waals surface area contributed by atoms with Crippen LogP contribution in [0, 0.1) is 5.82 Å². The highest BCUT2D eigenvalue weighted by molar-refractivity contribution is 5.99. The summed E-state index contributed by atoms with van der Waals surface area (Å²) in [5, 5.41) is 2.96. The van der Waals surface area contributed by atoms with Crippen molar-refractivity contribution in [2.24, 2.45) is 0 Å². The van der Waals surface area contributed by atoms with Gasteiger partial charge in [-0.15, -0.1) is 0 Å². The Morgan fingerprint density at radius 3 is 2.52 bits per heavy atom. The molecule has 0 aromatic heterocycles. The summed E-state index contributed by atoms with van der Waals surface area (Å²) in [5.41, 5.74) is 5.91. The molecule has 21 heavy (non-hydrogen) atoms. The van der Waals surface area contributed by atoms with Crippen molar-refractivity contribution in [1.29, 1.82) is 0 Å². The zero-order chi connectivity index (χ0) is 15.6. The van der Waals surface area contributed by atoms with Gasteiger partial charge in [0.05, 0.1) is 11.3 Å². The molecule has 1 fully saturated rings. The average Bonchev–Trinajstić information content (AvgIpc) is 2.41. The van der Waals surface area contributed by atoms with E-state index in [1.54, 1.807) is 6.07 Å². The minimum absolute atomic E-state index is 0.0814. The molecule has 0 bridgehead atoms. The fraction of sp³-hybridized carbons (Fsp3) is 0.562. The van der Waals surface area contributed by atoms with Crippen LogP contribution >= 0.6 is 0 Å². The SMILES string of the molecule is CC(C)(C)N1CCC(NC(=O)c2cccc(F)c2N)CC1. The van der Waals surface area contributed by atoms with Crippen molar-refractivity contribution in [2.75, 3.05) is 18.8 Å². The molecule has 1 aliphatic heterocycles.